The third-order valence-electron chi connectivity index (χ3n) is 3.35. The first-order valence-electron chi connectivity index (χ1n) is 7.09. The largest absolute Gasteiger partial charge is 0.289 e. The van der Waals surface area contributed by atoms with E-state index in [2.05, 4.69) is 25.7 Å². The number of H-pyrrole nitrogens is 1. The van der Waals surface area contributed by atoms with Crippen LogP contribution in [0.25, 0.3) is 11.3 Å². The van der Waals surface area contributed by atoms with Gasteiger partial charge in [-0.15, -0.1) is 0 Å². The van der Waals surface area contributed by atoms with Crippen molar-refractivity contribution >= 4 is 12.1 Å². The van der Waals surface area contributed by atoms with Crippen molar-refractivity contribution in [1.82, 2.24) is 20.6 Å². The third-order valence-corrected chi connectivity index (χ3v) is 3.35. The Hall–Kier alpha value is -3.28. The Morgan fingerprint density at radius 2 is 2.04 bits per heavy atom. The molecule has 23 heavy (non-hydrogen) atoms. The highest BCUT2D eigenvalue weighted by Gasteiger charge is 2.16. The molecule has 0 radical (unpaired) electrons. The quantitative estimate of drug-likeness (QED) is 0.574. The van der Waals surface area contributed by atoms with Gasteiger partial charge in [-0.3, -0.25) is 14.9 Å². The average Bonchev–Trinajstić information content (AvgIpc) is 2.98. The van der Waals surface area contributed by atoms with Gasteiger partial charge >= 0.3 is 0 Å². The number of aromatic amines is 1. The molecule has 0 saturated heterocycles. The molecule has 0 spiro atoms. The molecule has 2 aromatic heterocycles. The van der Waals surface area contributed by atoms with Gasteiger partial charge in [-0.2, -0.15) is 10.2 Å². The van der Waals surface area contributed by atoms with E-state index in [1.54, 1.807) is 18.5 Å². The second-order valence-electron chi connectivity index (χ2n) is 4.92. The maximum atomic E-state index is 12.2. The Kier molecular flexibility index (Phi) is 4.24. The minimum absolute atomic E-state index is 0.336. The van der Waals surface area contributed by atoms with Crippen LogP contribution in [-0.4, -0.2) is 27.3 Å². The van der Waals surface area contributed by atoms with Crippen LogP contribution in [0.2, 0.25) is 0 Å². The summed E-state index contributed by atoms with van der Waals surface area (Å²) in [5.74, 6) is -0.336. The molecule has 114 valence electrons. The number of aromatic nitrogens is 3. The van der Waals surface area contributed by atoms with Crippen molar-refractivity contribution in [2.45, 2.75) is 6.92 Å². The first-order chi connectivity index (χ1) is 11.3. The van der Waals surface area contributed by atoms with Gasteiger partial charge in [0.15, 0.2) is 0 Å². The lowest BCUT2D eigenvalue weighted by molar-refractivity contribution is 0.0949. The van der Waals surface area contributed by atoms with Gasteiger partial charge in [0.1, 0.15) is 5.69 Å². The highest BCUT2D eigenvalue weighted by Crippen LogP contribution is 2.22. The van der Waals surface area contributed by atoms with Crippen molar-refractivity contribution in [3.05, 3.63) is 71.7 Å². The van der Waals surface area contributed by atoms with Crippen LogP contribution < -0.4 is 5.43 Å². The smallest absolute Gasteiger partial charge is 0.272 e. The molecule has 1 aromatic carbocycles. The summed E-state index contributed by atoms with van der Waals surface area (Å²) < 4.78 is 0. The van der Waals surface area contributed by atoms with Crippen LogP contribution in [0, 0.1) is 6.92 Å². The molecule has 0 aliphatic carbocycles. The van der Waals surface area contributed by atoms with Crippen LogP contribution >= 0.6 is 0 Å². The monoisotopic (exact) mass is 305 g/mol. The van der Waals surface area contributed by atoms with Crippen molar-refractivity contribution in [3.63, 3.8) is 0 Å². The number of benzene rings is 1. The van der Waals surface area contributed by atoms with Crippen molar-refractivity contribution in [3.8, 4) is 11.3 Å². The molecule has 0 aliphatic heterocycles. The van der Waals surface area contributed by atoms with E-state index in [-0.39, 0.29) is 5.91 Å². The van der Waals surface area contributed by atoms with Gasteiger partial charge in [0, 0.05) is 29.1 Å². The van der Waals surface area contributed by atoms with Crippen LogP contribution in [0.15, 0.2) is 60.0 Å². The number of hydrogen-bond acceptors (Lipinski definition) is 4. The van der Waals surface area contributed by atoms with E-state index >= 15 is 0 Å². The number of carbonyl (C=O) groups is 1. The van der Waals surface area contributed by atoms with E-state index in [1.807, 2.05) is 43.3 Å². The Balaban J connectivity index is 1.74. The van der Waals surface area contributed by atoms with Crippen LogP contribution in [0.1, 0.15) is 21.6 Å². The summed E-state index contributed by atoms with van der Waals surface area (Å²) in [6.45, 7) is 1.85. The Labute approximate surface area is 133 Å². The van der Waals surface area contributed by atoms with E-state index in [9.17, 15) is 4.79 Å². The SMILES string of the molecule is Cc1c(-c2ccccc2)n[nH]c1C(=O)N/N=C\c1cccnc1. The highest BCUT2D eigenvalue weighted by atomic mass is 16.2. The van der Waals surface area contributed by atoms with E-state index in [0.717, 1.165) is 22.4 Å². The topological polar surface area (TPSA) is 83.0 Å². The van der Waals surface area contributed by atoms with Crippen molar-refractivity contribution in [1.29, 1.82) is 0 Å². The van der Waals surface area contributed by atoms with Gasteiger partial charge in [0.25, 0.3) is 5.91 Å². The third kappa shape index (κ3) is 3.32. The first-order valence-corrected chi connectivity index (χ1v) is 7.09. The van der Waals surface area contributed by atoms with Gasteiger partial charge in [-0.1, -0.05) is 36.4 Å². The number of amides is 1. The molecule has 0 fully saturated rings. The standard InChI is InChI=1S/C17H15N5O/c1-12-15(14-7-3-2-4-8-14)20-21-16(12)17(23)22-19-11-13-6-5-9-18-10-13/h2-11H,1H3,(H,20,21)(H,22,23)/b19-11-. The number of hydrazone groups is 1. The summed E-state index contributed by atoms with van der Waals surface area (Å²) in [6.07, 6.45) is 4.87. The Morgan fingerprint density at radius 1 is 1.22 bits per heavy atom. The molecule has 3 rings (SSSR count). The second-order valence-corrected chi connectivity index (χ2v) is 4.92. The summed E-state index contributed by atoms with van der Waals surface area (Å²) in [6, 6.07) is 13.3. The number of pyridine rings is 1. The normalized spacial score (nSPS) is 10.8. The van der Waals surface area contributed by atoms with Gasteiger partial charge < -0.3 is 0 Å². The van der Waals surface area contributed by atoms with Gasteiger partial charge in [-0.05, 0) is 13.0 Å². The van der Waals surface area contributed by atoms with Crippen LogP contribution in [0.5, 0.6) is 0 Å². The van der Waals surface area contributed by atoms with E-state index < -0.39 is 0 Å². The summed E-state index contributed by atoms with van der Waals surface area (Å²) in [7, 11) is 0. The lowest BCUT2D eigenvalue weighted by Crippen LogP contribution is -2.19. The average molecular weight is 305 g/mol. The minimum atomic E-state index is -0.336. The molecule has 3 aromatic rings. The Bertz CT molecular complexity index is 825. The van der Waals surface area contributed by atoms with Crippen LogP contribution in [-0.2, 0) is 0 Å². The lowest BCUT2D eigenvalue weighted by Gasteiger charge is -2.00. The zero-order valence-electron chi connectivity index (χ0n) is 12.5. The minimum Gasteiger partial charge on any atom is -0.272 e. The fourth-order valence-corrected chi connectivity index (χ4v) is 2.17. The first kappa shape index (κ1) is 14.6. The van der Waals surface area contributed by atoms with E-state index in [4.69, 9.17) is 0 Å². The Morgan fingerprint density at radius 3 is 2.78 bits per heavy atom. The zero-order chi connectivity index (χ0) is 16.1. The van der Waals surface area contributed by atoms with Crippen molar-refractivity contribution in [2.75, 3.05) is 0 Å². The number of hydrogen-bond donors (Lipinski definition) is 2. The molecule has 6 heteroatoms. The summed E-state index contributed by atoms with van der Waals surface area (Å²) >= 11 is 0. The molecule has 2 heterocycles. The number of nitrogens with zero attached hydrogens (tertiary/aromatic N) is 3. The molecule has 0 aliphatic rings. The van der Waals surface area contributed by atoms with Crippen molar-refractivity contribution < 1.29 is 4.79 Å². The highest BCUT2D eigenvalue weighted by molar-refractivity contribution is 5.95. The predicted molar refractivity (Wildman–Crippen MR) is 88.1 cm³/mol. The maximum absolute atomic E-state index is 12.2. The van der Waals surface area contributed by atoms with Gasteiger partial charge in [0.2, 0.25) is 0 Å². The number of rotatable bonds is 4. The molecule has 1 amide bonds. The maximum Gasteiger partial charge on any atom is 0.289 e. The summed E-state index contributed by atoms with van der Waals surface area (Å²) in [5, 5.41) is 10.9. The van der Waals surface area contributed by atoms with Gasteiger partial charge in [-0.25, -0.2) is 5.43 Å². The summed E-state index contributed by atoms with van der Waals surface area (Å²) in [4.78, 5) is 16.2. The number of nitrogens with one attached hydrogen (secondary N) is 2. The molecular weight excluding hydrogens is 290 g/mol. The fraction of sp³-hybridized carbons (Fsp3) is 0.0588. The van der Waals surface area contributed by atoms with Crippen LogP contribution in [0.3, 0.4) is 0 Å². The van der Waals surface area contributed by atoms with Gasteiger partial charge in [0.05, 0.1) is 11.9 Å². The number of carbonyl (C=O) groups excluding carboxylic acids is 1. The summed E-state index contributed by atoms with van der Waals surface area (Å²) in [5.41, 5.74) is 6.18. The molecule has 0 bridgehead atoms. The molecule has 0 saturated carbocycles. The van der Waals surface area contributed by atoms with Crippen molar-refractivity contribution in [2.24, 2.45) is 5.10 Å². The molecule has 6 nitrogen and oxygen atoms in total. The van der Waals surface area contributed by atoms with E-state index in [0.29, 0.717) is 5.69 Å². The lowest BCUT2D eigenvalue weighted by atomic mass is 10.1. The fourth-order valence-electron chi connectivity index (χ4n) is 2.17. The van der Waals surface area contributed by atoms with E-state index in [1.165, 1.54) is 6.21 Å². The molecule has 0 unspecified atom stereocenters. The molecule has 2 N–H and O–H groups in total. The predicted octanol–water partition coefficient (Wildman–Crippen LogP) is 2.54. The zero-order valence-corrected chi connectivity index (χ0v) is 12.5. The molecular formula is C17H15N5O. The van der Waals surface area contributed by atoms with Crippen LogP contribution in [0.4, 0.5) is 0 Å². The molecule has 0 atom stereocenters. The second kappa shape index (κ2) is 6.65.